The largest absolute Gasteiger partial charge is 0.171 e. The summed E-state index contributed by atoms with van der Waals surface area (Å²) in [4.78, 5) is 0. The first kappa shape index (κ1) is 6.69. The van der Waals surface area contributed by atoms with Gasteiger partial charge in [-0.3, -0.25) is 0 Å². The average Bonchev–Trinajstić information content (AvgIpc) is 1.90. The third-order valence-corrected chi connectivity index (χ3v) is 1.48. The van der Waals surface area contributed by atoms with E-state index in [0.717, 1.165) is 0 Å². The molecule has 0 bridgehead atoms. The molecule has 0 aliphatic carbocycles. The molecule has 0 fully saturated rings. The SMILES string of the molecule is [CH2]C(S)c1ccccc1. The van der Waals surface area contributed by atoms with E-state index >= 15 is 0 Å². The first-order valence-electron chi connectivity index (χ1n) is 2.87. The lowest BCUT2D eigenvalue weighted by atomic mass is 10.2. The number of thiol groups is 1. The fraction of sp³-hybridized carbons (Fsp3) is 0.125. The van der Waals surface area contributed by atoms with Crippen LogP contribution in [-0.4, -0.2) is 0 Å². The molecule has 0 aliphatic heterocycles. The Hall–Kier alpha value is -0.430. The van der Waals surface area contributed by atoms with Gasteiger partial charge in [0.05, 0.1) is 0 Å². The van der Waals surface area contributed by atoms with Gasteiger partial charge in [0.2, 0.25) is 0 Å². The molecule has 9 heavy (non-hydrogen) atoms. The number of benzene rings is 1. The van der Waals surface area contributed by atoms with Gasteiger partial charge in [-0.25, -0.2) is 0 Å². The van der Waals surface area contributed by atoms with Crippen molar-refractivity contribution < 1.29 is 0 Å². The Bertz CT molecular complexity index is 167. The van der Waals surface area contributed by atoms with Gasteiger partial charge in [-0.05, 0) is 12.5 Å². The fourth-order valence-electron chi connectivity index (χ4n) is 0.675. The molecule has 1 rings (SSSR count). The Balaban J connectivity index is 2.85. The topological polar surface area (TPSA) is 0 Å². The molecule has 0 amide bonds. The molecule has 1 heteroatoms. The molecule has 1 radical (unpaired) electrons. The zero-order valence-electron chi connectivity index (χ0n) is 5.12. The standard InChI is InChI=1S/C8H9S/c1-7(9)8-5-3-2-4-6-8/h2-7,9H,1H2. The molecular formula is C8H9S. The molecule has 0 spiro atoms. The van der Waals surface area contributed by atoms with Crippen LogP contribution in [0.2, 0.25) is 0 Å². The van der Waals surface area contributed by atoms with E-state index in [-0.39, 0.29) is 5.25 Å². The van der Waals surface area contributed by atoms with E-state index < -0.39 is 0 Å². The zero-order chi connectivity index (χ0) is 6.69. The molecule has 0 heterocycles. The monoisotopic (exact) mass is 137 g/mol. The maximum absolute atomic E-state index is 4.18. The summed E-state index contributed by atoms with van der Waals surface area (Å²) >= 11 is 4.18. The molecule has 0 N–H and O–H groups in total. The Kier molecular flexibility index (Phi) is 2.17. The second-order valence-electron chi connectivity index (χ2n) is 1.93. The maximum atomic E-state index is 4.18. The van der Waals surface area contributed by atoms with Crippen molar-refractivity contribution in [3.05, 3.63) is 42.8 Å². The molecular weight excluding hydrogens is 128 g/mol. The van der Waals surface area contributed by atoms with Crippen molar-refractivity contribution >= 4 is 12.6 Å². The number of hydrogen-bond donors (Lipinski definition) is 1. The Morgan fingerprint density at radius 3 is 2.11 bits per heavy atom. The predicted molar refractivity (Wildman–Crippen MR) is 43.5 cm³/mol. The summed E-state index contributed by atoms with van der Waals surface area (Å²) in [6.07, 6.45) is 0. The highest BCUT2D eigenvalue weighted by Crippen LogP contribution is 2.16. The van der Waals surface area contributed by atoms with Crippen LogP contribution in [0.3, 0.4) is 0 Å². The summed E-state index contributed by atoms with van der Waals surface area (Å²) in [6.45, 7) is 3.77. The average molecular weight is 137 g/mol. The lowest BCUT2D eigenvalue weighted by Gasteiger charge is -2.00. The third kappa shape index (κ3) is 1.75. The van der Waals surface area contributed by atoms with Crippen LogP contribution in [0.5, 0.6) is 0 Å². The van der Waals surface area contributed by atoms with E-state index in [9.17, 15) is 0 Å². The molecule has 1 aromatic rings. The second-order valence-corrected chi connectivity index (χ2v) is 2.55. The number of hydrogen-bond acceptors (Lipinski definition) is 1. The van der Waals surface area contributed by atoms with Crippen LogP contribution in [0.15, 0.2) is 30.3 Å². The predicted octanol–water partition coefficient (Wildman–Crippen LogP) is 2.49. The van der Waals surface area contributed by atoms with Gasteiger partial charge in [0.25, 0.3) is 0 Å². The number of rotatable bonds is 1. The molecule has 0 nitrogen and oxygen atoms in total. The highest BCUT2D eigenvalue weighted by molar-refractivity contribution is 7.80. The molecule has 0 saturated heterocycles. The van der Waals surface area contributed by atoms with Gasteiger partial charge in [-0.1, -0.05) is 30.3 Å². The minimum atomic E-state index is 0.103. The summed E-state index contributed by atoms with van der Waals surface area (Å²) in [5.41, 5.74) is 1.17. The van der Waals surface area contributed by atoms with E-state index in [2.05, 4.69) is 19.6 Å². The van der Waals surface area contributed by atoms with Crippen LogP contribution in [-0.2, 0) is 0 Å². The Morgan fingerprint density at radius 2 is 1.78 bits per heavy atom. The normalized spacial score (nSPS) is 13.1. The Labute approximate surface area is 61.3 Å². The molecule has 0 aliphatic rings. The summed E-state index contributed by atoms with van der Waals surface area (Å²) < 4.78 is 0. The third-order valence-electron chi connectivity index (χ3n) is 1.18. The van der Waals surface area contributed by atoms with E-state index in [1.54, 1.807) is 0 Å². The van der Waals surface area contributed by atoms with Gasteiger partial charge in [0, 0.05) is 5.25 Å². The summed E-state index contributed by atoms with van der Waals surface area (Å²) in [5.74, 6) is 0. The van der Waals surface area contributed by atoms with Gasteiger partial charge in [-0.15, -0.1) is 0 Å². The van der Waals surface area contributed by atoms with Crippen LogP contribution in [0.1, 0.15) is 10.8 Å². The van der Waals surface area contributed by atoms with Crippen LogP contribution < -0.4 is 0 Å². The van der Waals surface area contributed by atoms with Crippen molar-refractivity contribution in [1.82, 2.24) is 0 Å². The first-order valence-corrected chi connectivity index (χ1v) is 3.38. The van der Waals surface area contributed by atoms with Crippen molar-refractivity contribution in [2.75, 3.05) is 0 Å². The van der Waals surface area contributed by atoms with E-state index in [1.165, 1.54) is 5.56 Å². The van der Waals surface area contributed by atoms with Crippen molar-refractivity contribution in [3.8, 4) is 0 Å². The summed E-state index contributed by atoms with van der Waals surface area (Å²) in [5, 5.41) is 0.103. The minimum absolute atomic E-state index is 0.103. The second kappa shape index (κ2) is 2.92. The smallest absolute Gasteiger partial charge is 0.0267 e. The Morgan fingerprint density at radius 1 is 1.22 bits per heavy atom. The van der Waals surface area contributed by atoms with Gasteiger partial charge in [0.15, 0.2) is 0 Å². The van der Waals surface area contributed by atoms with Crippen LogP contribution in [0.25, 0.3) is 0 Å². The summed E-state index contributed by atoms with van der Waals surface area (Å²) in [7, 11) is 0. The van der Waals surface area contributed by atoms with E-state index in [4.69, 9.17) is 0 Å². The van der Waals surface area contributed by atoms with Crippen molar-refractivity contribution in [2.24, 2.45) is 0 Å². The minimum Gasteiger partial charge on any atom is -0.171 e. The maximum Gasteiger partial charge on any atom is 0.0267 e. The molecule has 47 valence electrons. The fourth-order valence-corrected chi connectivity index (χ4v) is 0.847. The molecule has 1 unspecified atom stereocenters. The van der Waals surface area contributed by atoms with Gasteiger partial charge >= 0.3 is 0 Å². The quantitative estimate of drug-likeness (QED) is 0.565. The van der Waals surface area contributed by atoms with Crippen LogP contribution in [0, 0.1) is 6.92 Å². The summed E-state index contributed by atoms with van der Waals surface area (Å²) in [6, 6.07) is 10.0. The van der Waals surface area contributed by atoms with Crippen molar-refractivity contribution in [1.29, 1.82) is 0 Å². The van der Waals surface area contributed by atoms with Crippen LogP contribution in [0.4, 0.5) is 0 Å². The van der Waals surface area contributed by atoms with E-state index in [0.29, 0.717) is 0 Å². The molecule has 1 aromatic carbocycles. The molecule has 0 saturated carbocycles. The van der Waals surface area contributed by atoms with Gasteiger partial charge in [0.1, 0.15) is 0 Å². The van der Waals surface area contributed by atoms with Crippen LogP contribution >= 0.6 is 12.6 Å². The first-order chi connectivity index (χ1) is 4.30. The molecule has 1 atom stereocenters. The lowest BCUT2D eigenvalue weighted by molar-refractivity contribution is 1.24. The van der Waals surface area contributed by atoms with Crippen molar-refractivity contribution in [3.63, 3.8) is 0 Å². The highest BCUT2D eigenvalue weighted by Gasteiger charge is 1.94. The van der Waals surface area contributed by atoms with E-state index in [1.807, 2.05) is 30.3 Å². The van der Waals surface area contributed by atoms with Gasteiger partial charge in [-0.2, -0.15) is 12.6 Å². The zero-order valence-corrected chi connectivity index (χ0v) is 6.01. The molecule has 0 aromatic heterocycles. The van der Waals surface area contributed by atoms with Gasteiger partial charge < -0.3 is 0 Å². The lowest BCUT2D eigenvalue weighted by Crippen LogP contribution is -1.80. The van der Waals surface area contributed by atoms with Crippen molar-refractivity contribution in [2.45, 2.75) is 5.25 Å². The highest BCUT2D eigenvalue weighted by atomic mass is 32.1.